The predicted octanol–water partition coefficient (Wildman–Crippen LogP) is 4.56. The first kappa shape index (κ1) is 24.1. The average molecular weight is 510 g/mol. The molecule has 1 aliphatic rings. The van der Waals surface area contributed by atoms with Crippen molar-refractivity contribution in [2.45, 2.75) is 24.4 Å². The third kappa shape index (κ3) is 4.18. The molecule has 36 heavy (non-hydrogen) atoms. The number of rotatable bonds is 6. The monoisotopic (exact) mass is 509 g/mol. The van der Waals surface area contributed by atoms with Gasteiger partial charge in [-0.3, -0.25) is 4.79 Å². The Balaban J connectivity index is 1.50. The summed E-state index contributed by atoms with van der Waals surface area (Å²) in [7, 11) is -4.00. The maximum absolute atomic E-state index is 14.9. The maximum Gasteiger partial charge on any atom is 0.244 e. The average Bonchev–Trinajstić information content (AvgIpc) is 3.35. The summed E-state index contributed by atoms with van der Waals surface area (Å²) in [6.07, 6.45) is 1.84. The normalized spacial score (nSPS) is 15.9. The highest BCUT2D eigenvalue weighted by Gasteiger charge is 2.36. The number of sulfonamides is 1. The number of likely N-dealkylation sites (N-methyl/N-ethyl adjacent to an activating group) is 1. The van der Waals surface area contributed by atoms with Gasteiger partial charge >= 0.3 is 0 Å². The Kier molecular flexibility index (Phi) is 6.36. The molecule has 0 saturated carbocycles. The highest BCUT2D eigenvalue weighted by atomic mass is 32.2. The van der Waals surface area contributed by atoms with Gasteiger partial charge in [-0.2, -0.15) is 4.31 Å². The van der Waals surface area contributed by atoms with Gasteiger partial charge in [-0.1, -0.05) is 49.4 Å². The quantitative estimate of drug-likeness (QED) is 0.383. The molecule has 0 radical (unpaired) electrons. The number of carbonyl (C=O) groups is 1. The molecule has 0 spiro atoms. The molecule has 2 heterocycles. The number of aromatic nitrogens is 1. The van der Waals surface area contributed by atoms with E-state index in [0.29, 0.717) is 17.6 Å². The molecule has 4 aromatic rings. The van der Waals surface area contributed by atoms with Gasteiger partial charge in [0.1, 0.15) is 17.7 Å². The van der Waals surface area contributed by atoms with Gasteiger partial charge in [-0.05, 0) is 29.7 Å². The van der Waals surface area contributed by atoms with E-state index in [-0.39, 0.29) is 23.5 Å². The molecule has 5 rings (SSSR count). The van der Waals surface area contributed by atoms with Crippen molar-refractivity contribution in [2.24, 2.45) is 0 Å². The molecule has 1 unspecified atom stereocenters. The lowest BCUT2D eigenvalue weighted by molar-refractivity contribution is -0.134. The van der Waals surface area contributed by atoms with Gasteiger partial charge in [0, 0.05) is 48.5 Å². The number of nitrogens with zero attached hydrogens (tertiary/aromatic N) is 3. The molecule has 1 aromatic heterocycles. The zero-order chi connectivity index (χ0) is 25.4. The summed E-state index contributed by atoms with van der Waals surface area (Å²) >= 11 is 0. The fraction of sp³-hybridized carbons (Fsp3) is 0.222. The van der Waals surface area contributed by atoms with Crippen molar-refractivity contribution in [3.05, 3.63) is 102 Å². The SMILES string of the molecule is CCN(CC(=O)N1CCn2cccc2C1c1ccc(F)cc1F)S(=O)(=O)c1cccc2ccccc12. The van der Waals surface area contributed by atoms with Gasteiger partial charge in [-0.15, -0.1) is 0 Å². The Morgan fingerprint density at radius 2 is 1.78 bits per heavy atom. The summed E-state index contributed by atoms with van der Waals surface area (Å²) in [4.78, 5) is 15.2. The standard InChI is InChI=1S/C27H25F2N3O3S/c1-2-31(36(34,35)25-11-5-8-19-7-3-4-9-21(19)25)18-26(33)32-16-15-30-14-6-10-24(30)27(32)22-13-12-20(28)17-23(22)29/h3-14,17,27H,2,15-16,18H2,1H3. The number of carbonyl (C=O) groups excluding carboxylic acids is 1. The molecule has 0 N–H and O–H groups in total. The van der Waals surface area contributed by atoms with Crippen LogP contribution in [0.5, 0.6) is 0 Å². The Morgan fingerprint density at radius 3 is 2.56 bits per heavy atom. The molecular weight excluding hydrogens is 484 g/mol. The van der Waals surface area contributed by atoms with Crippen molar-refractivity contribution >= 4 is 26.7 Å². The summed E-state index contributed by atoms with van der Waals surface area (Å²) in [6.45, 7) is 2.09. The van der Waals surface area contributed by atoms with Crippen LogP contribution in [0.4, 0.5) is 8.78 Å². The van der Waals surface area contributed by atoms with Crippen LogP contribution in [0.1, 0.15) is 24.2 Å². The smallest absolute Gasteiger partial charge is 0.244 e. The van der Waals surface area contributed by atoms with E-state index in [9.17, 15) is 22.0 Å². The van der Waals surface area contributed by atoms with E-state index in [1.165, 1.54) is 17.0 Å². The second-order valence-electron chi connectivity index (χ2n) is 8.69. The summed E-state index contributed by atoms with van der Waals surface area (Å²) < 4.78 is 58.8. The first-order valence-electron chi connectivity index (χ1n) is 11.7. The van der Waals surface area contributed by atoms with Crippen molar-refractivity contribution < 1.29 is 22.0 Å². The fourth-order valence-corrected chi connectivity index (χ4v) is 6.48. The minimum atomic E-state index is -4.00. The maximum atomic E-state index is 14.9. The van der Waals surface area contributed by atoms with E-state index in [2.05, 4.69) is 0 Å². The van der Waals surface area contributed by atoms with E-state index >= 15 is 0 Å². The minimum Gasteiger partial charge on any atom is -0.348 e. The number of fused-ring (bicyclic) bond motifs is 2. The van der Waals surface area contributed by atoms with Gasteiger partial charge < -0.3 is 9.47 Å². The topological polar surface area (TPSA) is 62.6 Å². The lowest BCUT2D eigenvalue weighted by Gasteiger charge is -2.38. The summed E-state index contributed by atoms with van der Waals surface area (Å²) in [5.41, 5.74) is 0.837. The second kappa shape index (κ2) is 9.48. The van der Waals surface area contributed by atoms with Gasteiger partial charge in [0.15, 0.2) is 0 Å². The molecule has 1 atom stereocenters. The van der Waals surface area contributed by atoms with Gasteiger partial charge in [0.25, 0.3) is 0 Å². The van der Waals surface area contributed by atoms with Crippen LogP contribution < -0.4 is 0 Å². The zero-order valence-corrected chi connectivity index (χ0v) is 20.5. The zero-order valence-electron chi connectivity index (χ0n) is 19.6. The van der Waals surface area contributed by atoms with Crippen LogP contribution in [0.15, 0.2) is 83.9 Å². The highest BCUT2D eigenvalue weighted by molar-refractivity contribution is 7.89. The third-order valence-electron chi connectivity index (χ3n) is 6.65. The number of hydrogen-bond acceptors (Lipinski definition) is 3. The van der Waals surface area contributed by atoms with Gasteiger partial charge in [-0.25, -0.2) is 17.2 Å². The molecule has 1 amide bonds. The fourth-order valence-electron chi connectivity index (χ4n) is 4.87. The number of hydrogen-bond donors (Lipinski definition) is 0. The Bertz CT molecular complexity index is 1550. The molecule has 0 aliphatic carbocycles. The lowest BCUT2D eigenvalue weighted by atomic mass is 9.99. The van der Waals surface area contributed by atoms with Crippen molar-refractivity contribution in [3.8, 4) is 0 Å². The lowest BCUT2D eigenvalue weighted by Crippen LogP contribution is -2.48. The van der Waals surface area contributed by atoms with Crippen molar-refractivity contribution in [1.29, 1.82) is 0 Å². The van der Waals surface area contributed by atoms with E-state index in [1.807, 2.05) is 29.0 Å². The van der Waals surface area contributed by atoms with Crippen LogP contribution in [0.2, 0.25) is 0 Å². The van der Waals surface area contributed by atoms with E-state index in [0.717, 1.165) is 21.8 Å². The largest absolute Gasteiger partial charge is 0.348 e. The Hall–Kier alpha value is -3.56. The molecule has 0 saturated heterocycles. The van der Waals surface area contributed by atoms with Crippen LogP contribution in [0.3, 0.4) is 0 Å². The van der Waals surface area contributed by atoms with Crippen molar-refractivity contribution in [2.75, 3.05) is 19.6 Å². The summed E-state index contributed by atoms with van der Waals surface area (Å²) in [6, 6.07) is 18.3. The molecule has 1 aliphatic heterocycles. The number of benzene rings is 3. The molecular formula is C27H25F2N3O3S. The van der Waals surface area contributed by atoms with Crippen LogP contribution >= 0.6 is 0 Å². The minimum absolute atomic E-state index is 0.0804. The van der Waals surface area contributed by atoms with Crippen LogP contribution in [0.25, 0.3) is 10.8 Å². The molecule has 3 aromatic carbocycles. The van der Waals surface area contributed by atoms with Crippen molar-refractivity contribution in [3.63, 3.8) is 0 Å². The van der Waals surface area contributed by atoms with Crippen LogP contribution in [-0.4, -0.2) is 47.7 Å². The Morgan fingerprint density at radius 1 is 1.00 bits per heavy atom. The molecule has 6 nitrogen and oxygen atoms in total. The van der Waals surface area contributed by atoms with Gasteiger partial charge in [0.05, 0.1) is 11.4 Å². The second-order valence-corrected chi connectivity index (χ2v) is 10.6. The third-order valence-corrected chi connectivity index (χ3v) is 8.63. The van der Waals surface area contributed by atoms with E-state index in [4.69, 9.17) is 0 Å². The first-order valence-corrected chi connectivity index (χ1v) is 13.1. The van der Waals surface area contributed by atoms with Crippen LogP contribution in [0, 0.1) is 11.6 Å². The van der Waals surface area contributed by atoms with E-state index < -0.39 is 40.2 Å². The predicted molar refractivity (Wildman–Crippen MR) is 133 cm³/mol. The molecule has 0 fully saturated rings. The molecule has 186 valence electrons. The number of amides is 1. The first-order chi connectivity index (χ1) is 17.3. The molecule has 0 bridgehead atoms. The summed E-state index contributed by atoms with van der Waals surface area (Å²) in [5, 5.41) is 1.36. The molecule has 9 heteroatoms. The van der Waals surface area contributed by atoms with E-state index in [1.54, 1.807) is 37.3 Å². The van der Waals surface area contributed by atoms with Crippen molar-refractivity contribution in [1.82, 2.24) is 13.8 Å². The Labute approximate surface area is 208 Å². The summed E-state index contributed by atoms with van der Waals surface area (Å²) in [5.74, 6) is -1.93. The van der Waals surface area contributed by atoms with Gasteiger partial charge in [0.2, 0.25) is 15.9 Å². The van der Waals surface area contributed by atoms with Crippen LogP contribution in [-0.2, 0) is 21.4 Å². The highest BCUT2D eigenvalue weighted by Crippen LogP contribution is 2.34. The number of halogens is 2.